The molecule has 0 saturated carbocycles. The summed E-state index contributed by atoms with van der Waals surface area (Å²) in [6.07, 6.45) is 3.35. The van der Waals surface area contributed by atoms with Crippen LogP contribution in [0.25, 0.3) is 10.7 Å². The Morgan fingerprint density at radius 2 is 2.00 bits per heavy atom. The topological polar surface area (TPSA) is 82.5 Å². The molecular weight excluding hydrogens is 268 g/mol. The lowest BCUT2D eigenvalue weighted by Crippen LogP contribution is -2.11. The van der Waals surface area contributed by atoms with E-state index in [1.165, 1.54) is 16.4 Å². The first-order valence-electron chi connectivity index (χ1n) is 5.04. The summed E-state index contributed by atoms with van der Waals surface area (Å²) in [6, 6.07) is 5.65. The average Bonchev–Trinajstić information content (AvgIpc) is 3.02. The molecule has 3 aromatic rings. The maximum absolute atomic E-state index is 5.96. The van der Waals surface area contributed by atoms with Crippen molar-refractivity contribution in [3.05, 3.63) is 36.0 Å². The number of rotatable bonds is 3. The minimum atomic E-state index is 0.560. The van der Waals surface area contributed by atoms with Crippen LogP contribution >= 0.6 is 23.1 Å². The SMILES string of the molecule is Nn1c(Sc2ncccn2)nnc1-c1cccs1. The van der Waals surface area contributed by atoms with E-state index in [1.54, 1.807) is 29.8 Å². The van der Waals surface area contributed by atoms with Gasteiger partial charge in [-0.15, -0.1) is 21.5 Å². The van der Waals surface area contributed by atoms with Crippen molar-refractivity contribution >= 4 is 23.1 Å². The van der Waals surface area contributed by atoms with E-state index < -0.39 is 0 Å². The van der Waals surface area contributed by atoms with Crippen molar-refractivity contribution in [2.45, 2.75) is 10.3 Å². The second kappa shape index (κ2) is 4.75. The van der Waals surface area contributed by atoms with E-state index in [1.807, 2.05) is 17.5 Å². The minimum absolute atomic E-state index is 0.560. The molecule has 6 nitrogen and oxygen atoms in total. The maximum Gasteiger partial charge on any atom is 0.217 e. The molecular formula is C10H8N6S2. The van der Waals surface area contributed by atoms with Crippen LogP contribution in [0, 0.1) is 0 Å². The first-order chi connectivity index (χ1) is 8.84. The quantitative estimate of drug-likeness (QED) is 0.578. The molecule has 0 atom stereocenters. The molecule has 0 aliphatic heterocycles. The predicted octanol–water partition coefficient (Wildman–Crippen LogP) is 1.66. The van der Waals surface area contributed by atoms with Gasteiger partial charge in [-0.3, -0.25) is 0 Å². The summed E-state index contributed by atoms with van der Waals surface area (Å²) < 4.78 is 1.45. The number of thiophene rings is 1. The van der Waals surface area contributed by atoms with E-state index in [0.29, 0.717) is 16.1 Å². The zero-order chi connectivity index (χ0) is 12.4. The van der Waals surface area contributed by atoms with Crippen molar-refractivity contribution in [3.8, 4) is 10.7 Å². The molecule has 3 aromatic heterocycles. The Balaban J connectivity index is 1.91. The number of hydrogen-bond donors (Lipinski definition) is 1. The van der Waals surface area contributed by atoms with Crippen LogP contribution in [-0.2, 0) is 0 Å². The molecule has 8 heteroatoms. The van der Waals surface area contributed by atoms with Gasteiger partial charge in [-0.1, -0.05) is 6.07 Å². The van der Waals surface area contributed by atoms with Gasteiger partial charge in [0.1, 0.15) is 0 Å². The van der Waals surface area contributed by atoms with E-state index in [9.17, 15) is 0 Å². The third-order valence-corrected chi connectivity index (χ3v) is 3.85. The van der Waals surface area contributed by atoms with Crippen LogP contribution in [0.5, 0.6) is 0 Å². The van der Waals surface area contributed by atoms with Gasteiger partial charge in [0, 0.05) is 12.4 Å². The minimum Gasteiger partial charge on any atom is -0.335 e. The Bertz CT molecular complexity index is 634. The van der Waals surface area contributed by atoms with Crippen LogP contribution in [-0.4, -0.2) is 24.8 Å². The fraction of sp³-hybridized carbons (Fsp3) is 0. The molecule has 0 aliphatic carbocycles. The van der Waals surface area contributed by atoms with E-state index in [4.69, 9.17) is 5.84 Å². The molecule has 3 heterocycles. The molecule has 0 aromatic carbocycles. The first-order valence-corrected chi connectivity index (χ1v) is 6.73. The Morgan fingerprint density at radius 1 is 1.17 bits per heavy atom. The van der Waals surface area contributed by atoms with Crippen molar-refractivity contribution in [2.75, 3.05) is 5.84 Å². The summed E-state index contributed by atoms with van der Waals surface area (Å²) in [4.78, 5) is 9.19. The van der Waals surface area contributed by atoms with Crippen molar-refractivity contribution < 1.29 is 0 Å². The Morgan fingerprint density at radius 3 is 2.72 bits per heavy atom. The number of aromatic nitrogens is 5. The van der Waals surface area contributed by atoms with E-state index in [2.05, 4.69) is 20.2 Å². The van der Waals surface area contributed by atoms with E-state index in [0.717, 1.165) is 4.88 Å². The normalized spacial score (nSPS) is 10.7. The molecule has 0 bridgehead atoms. The molecule has 0 saturated heterocycles. The monoisotopic (exact) mass is 276 g/mol. The molecule has 18 heavy (non-hydrogen) atoms. The molecule has 0 aliphatic rings. The molecule has 0 spiro atoms. The van der Waals surface area contributed by atoms with Crippen molar-refractivity contribution in [2.24, 2.45) is 0 Å². The summed E-state index contributed by atoms with van der Waals surface area (Å²) in [6.45, 7) is 0. The van der Waals surface area contributed by atoms with Gasteiger partial charge in [-0.25, -0.2) is 14.6 Å². The van der Waals surface area contributed by atoms with Crippen LogP contribution in [0.4, 0.5) is 0 Å². The van der Waals surface area contributed by atoms with Crippen LogP contribution in [0.3, 0.4) is 0 Å². The summed E-state index contributed by atoms with van der Waals surface area (Å²) in [7, 11) is 0. The lowest BCUT2D eigenvalue weighted by atomic mass is 10.4. The number of hydrogen-bond acceptors (Lipinski definition) is 7. The van der Waals surface area contributed by atoms with E-state index >= 15 is 0 Å². The molecule has 0 radical (unpaired) electrons. The molecule has 3 rings (SSSR count). The van der Waals surface area contributed by atoms with Crippen LogP contribution in [0.2, 0.25) is 0 Å². The van der Waals surface area contributed by atoms with Gasteiger partial charge in [0.25, 0.3) is 0 Å². The smallest absolute Gasteiger partial charge is 0.217 e. The van der Waals surface area contributed by atoms with Crippen molar-refractivity contribution in [3.63, 3.8) is 0 Å². The second-order valence-corrected chi connectivity index (χ2v) is 5.17. The van der Waals surface area contributed by atoms with Gasteiger partial charge in [0.2, 0.25) is 5.16 Å². The Kier molecular flexibility index (Phi) is 2.95. The van der Waals surface area contributed by atoms with Crippen LogP contribution < -0.4 is 5.84 Å². The summed E-state index contributed by atoms with van der Waals surface area (Å²) >= 11 is 2.85. The highest BCUT2D eigenvalue weighted by atomic mass is 32.2. The second-order valence-electron chi connectivity index (χ2n) is 3.29. The third-order valence-electron chi connectivity index (χ3n) is 2.13. The molecule has 0 amide bonds. The zero-order valence-corrected chi connectivity index (χ0v) is 10.7. The fourth-order valence-corrected chi connectivity index (χ4v) is 2.70. The highest BCUT2D eigenvalue weighted by Crippen LogP contribution is 2.27. The molecule has 2 N–H and O–H groups in total. The highest BCUT2D eigenvalue weighted by molar-refractivity contribution is 7.99. The first kappa shape index (κ1) is 11.2. The van der Waals surface area contributed by atoms with Crippen molar-refractivity contribution in [1.82, 2.24) is 24.8 Å². The lowest BCUT2D eigenvalue weighted by molar-refractivity contribution is 0.841. The summed E-state index contributed by atoms with van der Waals surface area (Å²) in [5.41, 5.74) is 0. The summed E-state index contributed by atoms with van der Waals surface area (Å²) in [5.74, 6) is 6.61. The standard InChI is InChI=1S/C10H8N6S2/c11-16-8(7-3-1-6-17-7)14-15-10(16)18-9-12-4-2-5-13-9/h1-6H,11H2. The fourth-order valence-electron chi connectivity index (χ4n) is 1.34. The van der Waals surface area contributed by atoms with Gasteiger partial charge < -0.3 is 5.84 Å². The van der Waals surface area contributed by atoms with Crippen molar-refractivity contribution in [1.29, 1.82) is 0 Å². The largest absolute Gasteiger partial charge is 0.335 e. The molecule has 0 fully saturated rings. The maximum atomic E-state index is 5.96. The molecule has 90 valence electrons. The summed E-state index contributed by atoms with van der Waals surface area (Å²) in [5, 5.41) is 11.2. The van der Waals surface area contributed by atoms with Gasteiger partial charge in [-0.2, -0.15) is 0 Å². The molecule has 0 unspecified atom stereocenters. The number of nitrogens with two attached hydrogens (primary N) is 1. The third kappa shape index (κ3) is 2.07. The lowest BCUT2D eigenvalue weighted by Gasteiger charge is -2.00. The predicted molar refractivity (Wildman–Crippen MR) is 69.6 cm³/mol. The highest BCUT2D eigenvalue weighted by Gasteiger charge is 2.14. The van der Waals surface area contributed by atoms with Gasteiger partial charge >= 0.3 is 0 Å². The van der Waals surface area contributed by atoms with E-state index in [-0.39, 0.29) is 0 Å². The average molecular weight is 276 g/mol. The number of nitrogen functional groups attached to an aromatic ring is 1. The van der Waals surface area contributed by atoms with Gasteiger partial charge in [-0.05, 0) is 29.3 Å². The Hall–Kier alpha value is -1.93. The van der Waals surface area contributed by atoms with Crippen LogP contribution in [0.15, 0.2) is 46.3 Å². The van der Waals surface area contributed by atoms with Gasteiger partial charge in [0.15, 0.2) is 11.0 Å². The number of nitrogens with zero attached hydrogens (tertiary/aromatic N) is 5. The van der Waals surface area contributed by atoms with Gasteiger partial charge in [0.05, 0.1) is 4.88 Å². The zero-order valence-electron chi connectivity index (χ0n) is 9.09. The Labute approximate surface area is 111 Å². The van der Waals surface area contributed by atoms with Crippen LogP contribution in [0.1, 0.15) is 0 Å².